The molecule has 4 aromatic rings. The molecule has 0 saturated heterocycles. The summed E-state index contributed by atoms with van der Waals surface area (Å²) in [5.41, 5.74) is 9.44. The Labute approximate surface area is 201 Å². The molecule has 0 radical (unpaired) electrons. The number of methoxy groups -OCH3 is 1. The number of amides is 1. The maximum atomic E-state index is 12.7. The predicted octanol–water partition coefficient (Wildman–Crippen LogP) is 4.47. The molecule has 34 heavy (non-hydrogen) atoms. The summed E-state index contributed by atoms with van der Waals surface area (Å²) in [6, 6.07) is 20.2. The Kier molecular flexibility index (Phi) is 6.98. The number of para-hydroxylation sites is 2. The second kappa shape index (κ2) is 10.3. The van der Waals surface area contributed by atoms with Crippen LogP contribution in [-0.2, 0) is 17.6 Å². The van der Waals surface area contributed by atoms with Crippen molar-refractivity contribution in [2.45, 2.75) is 10.9 Å². The highest BCUT2D eigenvalue weighted by Gasteiger charge is 2.10. The Morgan fingerprint density at radius 2 is 1.91 bits per heavy atom. The fourth-order valence-electron chi connectivity index (χ4n) is 3.32. The zero-order chi connectivity index (χ0) is 24.1. The Hall–Kier alpha value is -4.04. The number of anilines is 2. The van der Waals surface area contributed by atoms with Crippen molar-refractivity contribution in [2.75, 3.05) is 18.2 Å². The van der Waals surface area contributed by atoms with Gasteiger partial charge in [0.1, 0.15) is 5.75 Å². The molecule has 8 heteroatoms. The molecule has 1 amide bonds. The fraction of sp³-hybridized carbons (Fsp3) is 0.115. The number of nitrogen functional groups attached to an aromatic ring is 1. The van der Waals surface area contributed by atoms with Crippen LogP contribution >= 0.6 is 11.8 Å². The summed E-state index contributed by atoms with van der Waals surface area (Å²) < 4.78 is 6.81. The van der Waals surface area contributed by atoms with Crippen LogP contribution in [0.5, 0.6) is 5.75 Å². The van der Waals surface area contributed by atoms with Gasteiger partial charge in [0.15, 0.2) is 5.16 Å². The first-order chi connectivity index (χ1) is 16.4. The quantitative estimate of drug-likeness (QED) is 0.178. The van der Waals surface area contributed by atoms with E-state index < -0.39 is 0 Å². The van der Waals surface area contributed by atoms with E-state index in [-0.39, 0.29) is 11.5 Å². The van der Waals surface area contributed by atoms with E-state index in [0.717, 1.165) is 11.1 Å². The number of nitrogens with one attached hydrogen (secondary N) is 1. The van der Waals surface area contributed by atoms with Crippen LogP contribution in [0.2, 0.25) is 0 Å². The van der Waals surface area contributed by atoms with Crippen molar-refractivity contribution >= 4 is 46.0 Å². The average molecular weight is 473 g/mol. The van der Waals surface area contributed by atoms with E-state index in [1.807, 2.05) is 36.4 Å². The van der Waals surface area contributed by atoms with Crippen molar-refractivity contribution in [3.8, 4) is 5.75 Å². The number of aromatic nitrogens is 2. The summed E-state index contributed by atoms with van der Waals surface area (Å²) >= 11 is 1.49. The molecule has 0 fully saturated rings. The van der Waals surface area contributed by atoms with Crippen molar-refractivity contribution in [3.05, 3.63) is 94.3 Å². The van der Waals surface area contributed by atoms with E-state index >= 15 is 0 Å². The number of fused-ring (bicyclic) bond motifs is 1. The average Bonchev–Trinajstić information content (AvgIpc) is 2.85. The maximum absolute atomic E-state index is 12.7. The number of rotatable bonds is 7. The lowest BCUT2D eigenvalue weighted by atomic mass is 10.1. The topological polar surface area (TPSA) is 99.2 Å². The van der Waals surface area contributed by atoms with Gasteiger partial charge in [0, 0.05) is 24.9 Å². The van der Waals surface area contributed by atoms with Crippen molar-refractivity contribution < 1.29 is 9.53 Å². The van der Waals surface area contributed by atoms with E-state index in [4.69, 9.17) is 10.5 Å². The summed E-state index contributed by atoms with van der Waals surface area (Å²) in [6.07, 6.45) is 3.21. The second-order valence-electron chi connectivity index (χ2n) is 7.58. The minimum absolute atomic E-state index is 0.0915. The van der Waals surface area contributed by atoms with Gasteiger partial charge >= 0.3 is 0 Å². The summed E-state index contributed by atoms with van der Waals surface area (Å²) in [6.45, 7) is 0. The molecular formula is C26H24N4O3S. The van der Waals surface area contributed by atoms with Gasteiger partial charge in [0.2, 0.25) is 5.91 Å². The standard InChI is InChI=1S/C26H24N4O3S/c1-30-25(32)20-13-12-19(33-2)15-23(20)29-26(30)34-16-18-9-7-17(8-10-18)11-14-24(31)28-22-6-4-3-5-21(22)27/h3-15H,16,27H2,1-2H3,(H,28,31)/b14-11+. The van der Waals surface area contributed by atoms with Gasteiger partial charge in [-0.25, -0.2) is 4.98 Å². The zero-order valence-corrected chi connectivity index (χ0v) is 19.6. The number of hydrogen-bond acceptors (Lipinski definition) is 6. The second-order valence-corrected chi connectivity index (χ2v) is 8.52. The van der Waals surface area contributed by atoms with Crippen LogP contribution in [0.3, 0.4) is 0 Å². The van der Waals surface area contributed by atoms with Crippen LogP contribution < -0.4 is 21.3 Å². The Morgan fingerprint density at radius 1 is 1.15 bits per heavy atom. The molecule has 0 saturated carbocycles. The third-order valence-electron chi connectivity index (χ3n) is 5.24. The van der Waals surface area contributed by atoms with Gasteiger partial charge < -0.3 is 15.8 Å². The van der Waals surface area contributed by atoms with Crippen molar-refractivity contribution in [1.82, 2.24) is 9.55 Å². The third-order valence-corrected chi connectivity index (χ3v) is 6.34. The number of thioether (sulfide) groups is 1. The van der Waals surface area contributed by atoms with E-state index in [0.29, 0.717) is 38.9 Å². The largest absolute Gasteiger partial charge is 0.497 e. The van der Waals surface area contributed by atoms with Crippen LogP contribution in [0.1, 0.15) is 11.1 Å². The lowest BCUT2D eigenvalue weighted by Gasteiger charge is -2.10. The Morgan fingerprint density at radius 3 is 2.65 bits per heavy atom. The molecule has 0 unspecified atom stereocenters. The van der Waals surface area contributed by atoms with E-state index in [1.165, 1.54) is 17.8 Å². The summed E-state index contributed by atoms with van der Waals surface area (Å²) in [4.78, 5) is 29.5. The zero-order valence-electron chi connectivity index (χ0n) is 18.8. The van der Waals surface area contributed by atoms with Crippen LogP contribution in [-0.4, -0.2) is 22.6 Å². The first kappa shape index (κ1) is 23.1. The van der Waals surface area contributed by atoms with Crippen molar-refractivity contribution in [2.24, 2.45) is 7.05 Å². The first-order valence-electron chi connectivity index (χ1n) is 10.5. The number of nitrogens with zero attached hydrogens (tertiary/aromatic N) is 2. The van der Waals surface area contributed by atoms with Gasteiger partial charge in [-0.1, -0.05) is 48.2 Å². The lowest BCUT2D eigenvalue weighted by Crippen LogP contribution is -2.20. The highest BCUT2D eigenvalue weighted by molar-refractivity contribution is 7.98. The fourth-order valence-corrected chi connectivity index (χ4v) is 4.24. The maximum Gasteiger partial charge on any atom is 0.261 e. The van der Waals surface area contributed by atoms with Crippen LogP contribution in [0.25, 0.3) is 17.0 Å². The molecular weight excluding hydrogens is 448 g/mol. The molecule has 0 aliphatic rings. The SMILES string of the molecule is COc1ccc2c(=O)n(C)c(SCc3ccc(/C=C/C(=O)Nc4ccccc4N)cc3)nc2c1. The van der Waals surface area contributed by atoms with Gasteiger partial charge in [0.25, 0.3) is 5.56 Å². The van der Waals surface area contributed by atoms with Crippen LogP contribution in [0.15, 0.2) is 82.8 Å². The third kappa shape index (κ3) is 5.29. The number of carbonyl (C=O) groups is 1. The summed E-state index contributed by atoms with van der Waals surface area (Å²) in [5.74, 6) is 1.05. The highest BCUT2D eigenvalue weighted by Crippen LogP contribution is 2.24. The van der Waals surface area contributed by atoms with Gasteiger partial charge in [-0.3, -0.25) is 14.2 Å². The predicted molar refractivity (Wildman–Crippen MR) is 138 cm³/mol. The summed E-state index contributed by atoms with van der Waals surface area (Å²) in [5, 5.41) is 3.95. The van der Waals surface area contributed by atoms with E-state index in [1.54, 1.807) is 55.1 Å². The number of benzene rings is 3. The van der Waals surface area contributed by atoms with Gasteiger partial charge in [-0.15, -0.1) is 0 Å². The molecule has 172 valence electrons. The van der Waals surface area contributed by atoms with Gasteiger partial charge in [-0.2, -0.15) is 0 Å². The minimum Gasteiger partial charge on any atom is -0.497 e. The Balaban J connectivity index is 1.41. The van der Waals surface area contributed by atoms with E-state index in [2.05, 4.69) is 10.3 Å². The van der Waals surface area contributed by atoms with E-state index in [9.17, 15) is 9.59 Å². The monoisotopic (exact) mass is 472 g/mol. The molecule has 0 spiro atoms. The molecule has 3 aromatic carbocycles. The van der Waals surface area contributed by atoms with Gasteiger partial charge in [-0.05, 0) is 41.5 Å². The Bertz CT molecular complexity index is 1430. The number of ether oxygens (including phenoxy) is 1. The molecule has 0 atom stereocenters. The molecule has 0 aliphatic carbocycles. The van der Waals surface area contributed by atoms with Gasteiger partial charge in [0.05, 0.1) is 29.4 Å². The smallest absolute Gasteiger partial charge is 0.261 e. The van der Waals surface area contributed by atoms with Crippen molar-refractivity contribution in [3.63, 3.8) is 0 Å². The first-order valence-corrected chi connectivity index (χ1v) is 11.5. The molecule has 0 bridgehead atoms. The summed E-state index contributed by atoms with van der Waals surface area (Å²) in [7, 11) is 3.31. The lowest BCUT2D eigenvalue weighted by molar-refractivity contribution is -0.111. The number of carbonyl (C=O) groups excluding carboxylic acids is 1. The normalized spacial score (nSPS) is 11.1. The molecule has 7 nitrogen and oxygen atoms in total. The number of hydrogen-bond donors (Lipinski definition) is 2. The van der Waals surface area contributed by atoms with Crippen LogP contribution in [0.4, 0.5) is 11.4 Å². The molecule has 4 rings (SSSR count). The molecule has 0 aliphatic heterocycles. The van der Waals surface area contributed by atoms with Crippen LogP contribution in [0, 0.1) is 0 Å². The van der Waals surface area contributed by atoms with Crippen molar-refractivity contribution in [1.29, 1.82) is 0 Å². The molecule has 1 heterocycles. The highest BCUT2D eigenvalue weighted by atomic mass is 32.2. The number of nitrogens with two attached hydrogens (primary N) is 1. The molecule has 1 aromatic heterocycles. The molecule has 3 N–H and O–H groups in total. The minimum atomic E-state index is -0.252.